The van der Waals surface area contributed by atoms with Crippen molar-refractivity contribution in [3.05, 3.63) is 36.0 Å². The van der Waals surface area contributed by atoms with Crippen LogP contribution in [0.25, 0.3) is 10.9 Å². The van der Waals surface area contributed by atoms with Gasteiger partial charge in [-0.25, -0.2) is 0 Å². The van der Waals surface area contributed by atoms with Gasteiger partial charge in [0.2, 0.25) is 0 Å². The number of hydrogen-bond acceptors (Lipinski definition) is 2. The fraction of sp³-hybridized carbons (Fsp3) is 0.619. The monoisotopic (exact) mass is 326 g/mol. The third-order valence-electron chi connectivity index (χ3n) is 6.91. The molecule has 0 spiro atoms. The molecule has 0 amide bonds. The molecule has 3 nitrogen and oxygen atoms in total. The Hall–Kier alpha value is -1.32. The topological polar surface area (TPSA) is 17.4 Å². The summed E-state index contributed by atoms with van der Waals surface area (Å²) in [7, 11) is 0. The highest BCUT2D eigenvalue weighted by Gasteiger charge is 2.65. The number of hydrogen-bond donors (Lipinski definition) is 0. The lowest BCUT2D eigenvalue weighted by Crippen LogP contribution is -2.38. The van der Waals surface area contributed by atoms with Gasteiger partial charge >= 0.3 is 0 Å². The van der Waals surface area contributed by atoms with Gasteiger partial charge in [-0.15, -0.1) is 0 Å². The van der Waals surface area contributed by atoms with Crippen molar-refractivity contribution in [1.82, 2.24) is 9.47 Å². The lowest BCUT2D eigenvalue weighted by molar-refractivity contribution is 0.0365. The van der Waals surface area contributed by atoms with Crippen molar-refractivity contribution >= 4 is 10.9 Å². The smallest absolute Gasteiger partial charge is 0.0594 e. The molecule has 2 heterocycles. The van der Waals surface area contributed by atoms with E-state index in [0.717, 1.165) is 39.4 Å². The van der Waals surface area contributed by atoms with E-state index in [9.17, 15) is 0 Å². The van der Waals surface area contributed by atoms with Crippen molar-refractivity contribution in [2.75, 3.05) is 32.8 Å². The second kappa shape index (κ2) is 5.60. The number of morpholine rings is 1. The molecule has 1 aliphatic carbocycles. The average Bonchev–Trinajstić information content (AvgIpc) is 2.84. The van der Waals surface area contributed by atoms with Crippen LogP contribution in [-0.4, -0.2) is 42.3 Å². The van der Waals surface area contributed by atoms with Crippen LogP contribution in [0.3, 0.4) is 0 Å². The Morgan fingerprint density at radius 1 is 1.00 bits per heavy atom. The summed E-state index contributed by atoms with van der Waals surface area (Å²) in [4.78, 5) is 2.52. The van der Waals surface area contributed by atoms with Gasteiger partial charge in [-0.05, 0) is 28.4 Å². The maximum atomic E-state index is 5.46. The summed E-state index contributed by atoms with van der Waals surface area (Å²) in [5, 5.41) is 1.45. The van der Waals surface area contributed by atoms with Crippen LogP contribution >= 0.6 is 0 Å². The molecule has 1 aliphatic heterocycles. The first-order chi connectivity index (χ1) is 11.4. The molecule has 0 bridgehead atoms. The van der Waals surface area contributed by atoms with Crippen molar-refractivity contribution in [1.29, 1.82) is 0 Å². The van der Waals surface area contributed by atoms with Crippen LogP contribution in [0.2, 0.25) is 0 Å². The summed E-state index contributed by atoms with van der Waals surface area (Å²) in [5.41, 5.74) is 3.69. The van der Waals surface area contributed by atoms with E-state index in [4.69, 9.17) is 4.74 Å². The van der Waals surface area contributed by atoms with Crippen molar-refractivity contribution < 1.29 is 4.74 Å². The largest absolute Gasteiger partial charge is 0.379 e. The van der Waals surface area contributed by atoms with Gasteiger partial charge < -0.3 is 9.30 Å². The first-order valence-corrected chi connectivity index (χ1v) is 9.31. The Labute approximate surface area is 145 Å². The van der Waals surface area contributed by atoms with Gasteiger partial charge in [0.1, 0.15) is 0 Å². The molecule has 2 aromatic rings. The highest BCUT2D eigenvalue weighted by Crippen LogP contribution is 2.74. The summed E-state index contributed by atoms with van der Waals surface area (Å²) < 4.78 is 7.94. The number of aromatic nitrogens is 1. The maximum absolute atomic E-state index is 5.46. The second-order valence-corrected chi connectivity index (χ2v) is 8.63. The normalized spacial score (nSPS) is 23.7. The Kier molecular flexibility index (Phi) is 3.77. The third kappa shape index (κ3) is 2.41. The van der Waals surface area contributed by atoms with Crippen LogP contribution in [0.15, 0.2) is 30.5 Å². The van der Waals surface area contributed by atoms with Crippen LogP contribution < -0.4 is 0 Å². The summed E-state index contributed by atoms with van der Waals surface area (Å²) in [6.07, 6.45) is 2.44. The SMILES string of the molecule is CC1(C)C(c2cn(CCN3CCOCC3)c3ccccc23)C1(C)C. The van der Waals surface area contributed by atoms with Crippen LogP contribution in [-0.2, 0) is 11.3 Å². The maximum Gasteiger partial charge on any atom is 0.0594 e. The predicted octanol–water partition coefficient (Wildman–Crippen LogP) is 4.12. The van der Waals surface area contributed by atoms with E-state index >= 15 is 0 Å². The molecular weight excluding hydrogens is 296 g/mol. The fourth-order valence-electron chi connectivity index (χ4n) is 4.74. The Morgan fingerprint density at radius 3 is 2.33 bits per heavy atom. The predicted molar refractivity (Wildman–Crippen MR) is 99.5 cm³/mol. The van der Waals surface area contributed by atoms with E-state index in [1.54, 1.807) is 5.56 Å². The Morgan fingerprint density at radius 2 is 1.67 bits per heavy atom. The van der Waals surface area contributed by atoms with Crippen LogP contribution in [0.5, 0.6) is 0 Å². The summed E-state index contributed by atoms with van der Waals surface area (Å²) in [6, 6.07) is 8.93. The molecule has 0 radical (unpaired) electrons. The first-order valence-electron chi connectivity index (χ1n) is 9.31. The van der Waals surface area contributed by atoms with Gasteiger partial charge in [0.05, 0.1) is 13.2 Å². The summed E-state index contributed by atoms with van der Waals surface area (Å²) in [5.74, 6) is 0.652. The van der Waals surface area contributed by atoms with E-state index in [1.165, 1.54) is 10.9 Å². The molecule has 4 rings (SSSR count). The molecule has 0 atom stereocenters. The molecule has 24 heavy (non-hydrogen) atoms. The summed E-state index contributed by atoms with van der Waals surface area (Å²) in [6.45, 7) is 15.7. The number of fused-ring (bicyclic) bond motifs is 1. The highest BCUT2D eigenvalue weighted by atomic mass is 16.5. The Bertz CT molecular complexity index is 723. The number of rotatable bonds is 4. The quantitative estimate of drug-likeness (QED) is 0.841. The zero-order valence-corrected chi connectivity index (χ0v) is 15.5. The second-order valence-electron chi connectivity index (χ2n) is 8.63. The molecule has 130 valence electrons. The summed E-state index contributed by atoms with van der Waals surface area (Å²) >= 11 is 0. The molecule has 3 heteroatoms. The van der Waals surface area contributed by atoms with Gasteiger partial charge in [-0.2, -0.15) is 0 Å². The minimum absolute atomic E-state index is 0.381. The molecular formula is C21H30N2O. The van der Waals surface area contributed by atoms with E-state index in [2.05, 4.69) is 67.6 Å². The number of ether oxygens (including phenoxy) is 1. The van der Waals surface area contributed by atoms with Gasteiger partial charge in [0.25, 0.3) is 0 Å². The lowest BCUT2D eigenvalue weighted by atomic mass is 10.0. The van der Waals surface area contributed by atoms with Crippen LogP contribution in [0.1, 0.15) is 39.2 Å². The molecule has 1 aromatic heterocycles. The van der Waals surface area contributed by atoms with E-state index < -0.39 is 0 Å². The average molecular weight is 326 g/mol. The van der Waals surface area contributed by atoms with E-state index in [-0.39, 0.29) is 0 Å². The molecule has 1 aromatic carbocycles. The number of nitrogens with zero attached hydrogens (tertiary/aromatic N) is 2. The Balaban J connectivity index is 1.62. The van der Waals surface area contributed by atoms with Crippen molar-refractivity contribution in [2.24, 2.45) is 10.8 Å². The zero-order chi connectivity index (χ0) is 16.9. The fourth-order valence-corrected chi connectivity index (χ4v) is 4.74. The molecule has 2 aliphatic rings. The minimum atomic E-state index is 0.381. The zero-order valence-electron chi connectivity index (χ0n) is 15.5. The van der Waals surface area contributed by atoms with Gasteiger partial charge in [-0.1, -0.05) is 45.9 Å². The van der Waals surface area contributed by atoms with Crippen LogP contribution in [0, 0.1) is 10.8 Å². The molecule has 1 saturated heterocycles. The standard InChI is InChI=1S/C21H30N2O/c1-20(2)19(21(20,3)4)17-15-23(18-8-6-5-7-16(17)18)10-9-22-11-13-24-14-12-22/h5-8,15,19H,9-14H2,1-4H3. The first kappa shape index (κ1) is 16.2. The number of para-hydroxylation sites is 1. The molecule has 0 N–H and O–H groups in total. The van der Waals surface area contributed by atoms with E-state index in [0.29, 0.717) is 16.7 Å². The molecule has 1 saturated carbocycles. The van der Waals surface area contributed by atoms with Gasteiger partial charge in [0, 0.05) is 43.3 Å². The van der Waals surface area contributed by atoms with E-state index in [1.807, 2.05) is 0 Å². The molecule has 0 unspecified atom stereocenters. The van der Waals surface area contributed by atoms with Crippen molar-refractivity contribution in [3.8, 4) is 0 Å². The minimum Gasteiger partial charge on any atom is -0.379 e. The lowest BCUT2D eigenvalue weighted by Gasteiger charge is -2.26. The van der Waals surface area contributed by atoms with Crippen molar-refractivity contribution in [2.45, 2.75) is 40.2 Å². The van der Waals surface area contributed by atoms with Crippen molar-refractivity contribution in [3.63, 3.8) is 0 Å². The third-order valence-corrected chi connectivity index (χ3v) is 6.91. The highest BCUT2D eigenvalue weighted by molar-refractivity contribution is 5.85. The molecule has 2 fully saturated rings. The van der Waals surface area contributed by atoms with Crippen LogP contribution in [0.4, 0.5) is 0 Å². The van der Waals surface area contributed by atoms with Gasteiger partial charge in [-0.3, -0.25) is 4.90 Å². The number of benzene rings is 1. The van der Waals surface area contributed by atoms with Gasteiger partial charge in [0.15, 0.2) is 0 Å².